The van der Waals surface area contributed by atoms with Gasteiger partial charge in [-0.15, -0.1) is 0 Å². The maximum Gasteiger partial charge on any atom is 0.264 e. The summed E-state index contributed by atoms with van der Waals surface area (Å²) in [4.78, 5) is 28.4. The minimum absolute atomic E-state index is 0.0512. The number of nitrogens with one attached hydrogen (secondary N) is 1. The maximum atomic E-state index is 13.9. The summed E-state index contributed by atoms with van der Waals surface area (Å²) in [6.45, 7) is 6.48. The van der Waals surface area contributed by atoms with Crippen LogP contribution in [0.5, 0.6) is 0 Å². The zero-order valence-electron chi connectivity index (χ0n) is 22.4. The van der Waals surface area contributed by atoms with E-state index in [4.69, 9.17) is 0 Å². The van der Waals surface area contributed by atoms with Gasteiger partial charge in [0.2, 0.25) is 11.8 Å². The van der Waals surface area contributed by atoms with Gasteiger partial charge in [-0.3, -0.25) is 13.9 Å². The Morgan fingerprint density at radius 3 is 1.92 bits per heavy atom. The van der Waals surface area contributed by atoms with Crippen molar-refractivity contribution in [2.24, 2.45) is 0 Å². The number of carbonyl (C=O) groups excluding carboxylic acids is 2. The van der Waals surface area contributed by atoms with Crippen molar-refractivity contribution < 1.29 is 26.8 Å². The molecule has 0 fully saturated rings. The van der Waals surface area contributed by atoms with Crippen LogP contribution in [0.4, 0.5) is 14.5 Å². The first-order valence-corrected chi connectivity index (χ1v) is 13.9. The van der Waals surface area contributed by atoms with Crippen LogP contribution in [-0.2, 0) is 26.2 Å². The molecule has 0 saturated carbocycles. The summed E-state index contributed by atoms with van der Waals surface area (Å²) in [5.74, 6) is -2.07. The Morgan fingerprint density at radius 1 is 0.872 bits per heavy atom. The predicted octanol–water partition coefficient (Wildman–Crippen LogP) is 4.88. The molecule has 3 aromatic rings. The number of nitrogens with zero attached hydrogens (tertiary/aromatic N) is 2. The van der Waals surface area contributed by atoms with Crippen molar-refractivity contribution in [3.63, 3.8) is 0 Å². The highest BCUT2D eigenvalue weighted by Crippen LogP contribution is 2.25. The Morgan fingerprint density at radius 2 is 1.41 bits per heavy atom. The molecule has 3 rings (SSSR count). The van der Waals surface area contributed by atoms with Crippen molar-refractivity contribution in [3.8, 4) is 0 Å². The first kappa shape index (κ1) is 29.8. The highest BCUT2D eigenvalue weighted by Gasteiger charge is 2.34. The zero-order valence-corrected chi connectivity index (χ0v) is 23.2. The van der Waals surface area contributed by atoms with Crippen molar-refractivity contribution >= 4 is 27.5 Å². The van der Waals surface area contributed by atoms with Gasteiger partial charge in [-0.2, -0.15) is 0 Å². The van der Waals surface area contributed by atoms with E-state index >= 15 is 0 Å². The molecule has 2 amide bonds. The van der Waals surface area contributed by atoms with Gasteiger partial charge in [-0.25, -0.2) is 17.2 Å². The number of rotatable bonds is 10. The molecule has 0 saturated heterocycles. The Kier molecular flexibility index (Phi) is 9.45. The molecule has 0 spiro atoms. The molecule has 208 valence electrons. The van der Waals surface area contributed by atoms with E-state index in [1.807, 2.05) is 20.8 Å². The lowest BCUT2D eigenvalue weighted by Gasteiger charge is -2.34. The third kappa shape index (κ3) is 7.86. The fourth-order valence-electron chi connectivity index (χ4n) is 4.01. The van der Waals surface area contributed by atoms with Crippen LogP contribution < -0.4 is 9.62 Å². The summed E-state index contributed by atoms with van der Waals surface area (Å²) < 4.78 is 55.5. The minimum Gasteiger partial charge on any atom is -0.350 e. The lowest BCUT2D eigenvalue weighted by atomic mass is 10.1. The number of benzene rings is 3. The van der Waals surface area contributed by atoms with E-state index in [0.717, 1.165) is 16.4 Å². The van der Waals surface area contributed by atoms with Crippen LogP contribution in [0.15, 0.2) is 83.8 Å². The van der Waals surface area contributed by atoms with Gasteiger partial charge in [-0.05, 0) is 81.3 Å². The number of amides is 2. The van der Waals surface area contributed by atoms with Gasteiger partial charge in [0.1, 0.15) is 24.2 Å². The Bertz CT molecular complexity index is 1370. The normalized spacial score (nSPS) is 12.5. The van der Waals surface area contributed by atoms with E-state index in [1.165, 1.54) is 53.4 Å². The van der Waals surface area contributed by atoms with Crippen molar-refractivity contribution in [2.45, 2.75) is 57.1 Å². The molecule has 3 aromatic carbocycles. The second kappa shape index (κ2) is 12.4. The zero-order chi connectivity index (χ0) is 28.8. The van der Waals surface area contributed by atoms with Gasteiger partial charge in [-0.1, -0.05) is 37.3 Å². The maximum absolute atomic E-state index is 13.9. The molecule has 1 unspecified atom stereocenters. The first-order valence-electron chi connectivity index (χ1n) is 12.5. The van der Waals surface area contributed by atoms with Gasteiger partial charge < -0.3 is 10.2 Å². The molecule has 10 heteroatoms. The van der Waals surface area contributed by atoms with Crippen LogP contribution in [0.3, 0.4) is 0 Å². The van der Waals surface area contributed by atoms with Crippen molar-refractivity contribution in [3.05, 3.63) is 96.1 Å². The number of hydrogen-bond donors (Lipinski definition) is 1. The number of halogens is 2. The predicted molar refractivity (Wildman–Crippen MR) is 146 cm³/mol. The lowest BCUT2D eigenvalue weighted by molar-refractivity contribution is -0.141. The van der Waals surface area contributed by atoms with Gasteiger partial charge in [0, 0.05) is 12.1 Å². The van der Waals surface area contributed by atoms with Crippen LogP contribution in [0.2, 0.25) is 0 Å². The number of hydrogen-bond acceptors (Lipinski definition) is 4. The second-order valence-corrected chi connectivity index (χ2v) is 12.0. The van der Waals surface area contributed by atoms with Crippen molar-refractivity contribution in [1.29, 1.82) is 0 Å². The summed E-state index contributed by atoms with van der Waals surface area (Å²) in [7, 11) is -4.24. The standard InChI is InChI=1S/C29H33F2N3O4S/c1-5-26(28(36)32-29(2,3)4)33(19-21-11-13-22(30)14-12-21)27(35)20-34(24-17-15-23(31)16-18-24)39(37,38)25-9-7-6-8-10-25/h6-18,26H,5,19-20H2,1-4H3,(H,32,36). The van der Waals surface area contributed by atoms with Gasteiger partial charge in [0.15, 0.2) is 0 Å². The SMILES string of the molecule is CCC(C(=O)NC(C)(C)C)N(Cc1ccc(F)cc1)C(=O)CN(c1ccc(F)cc1)S(=O)(=O)c1ccccc1. The molecule has 0 aliphatic heterocycles. The summed E-state index contributed by atoms with van der Waals surface area (Å²) in [5, 5.41) is 2.88. The number of anilines is 1. The highest BCUT2D eigenvalue weighted by atomic mass is 32.2. The molecule has 0 heterocycles. The lowest BCUT2D eigenvalue weighted by Crippen LogP contribution is -2.55. The largest absolute Gasteiger partial charge is 0.350 e. The van der Waals surface area contributed by atoms with E-state index in [2.05, 4.69) is 5.32 Å². The van der Waals surface area contributed by atoms with Crippen molar-refractivity contribution in [1.82, 2.24) is 10.2 Å². The molecule has 1 N–H and O–H groups in total. The molecule has 39 heavy (non-hydrogen) atoms. The van der Waals surface area contributed by atoms with Crippen LogP contribution in [0.1, 0.15) is 39.7 Å². The third-order valence-electron chi connectivity index (χ3n) is 5.87. The minimum atomic E-state index is -4.24. The molecule has 1 atom stereocenters. The third-order valence-corrected chi connectivity index (χ3v) is 7.66. The summed E-state index contributed by atoms with van der Waals surface area (Å²) in [6, 6.07) is 16.9. The molecular formula is C29H33F2N3O4S. The number of carbonyl (C=O) groups is 2. The molecular weight excluding hydrogens is 524 g/mol. The second-order valence-electron chi connectivity index (χ2n) is 10.1. The molecule has 7 nitrogen and oxygen atoms in total. The van der Waals surface area contributed by atoms with Gasteiger partial charge in [0.25, 0.3) is 10.0 Å². The fourth-order valence-corrected chi connectivity index (χ4v) is 5.45. The average Bonchev–Trinajstić information content (AvgIpc) is 2.88. The monoisotopic (exact) mass is 557 g/mol. The van der Waals surface area contributed by atoms with E-state index in [-0.39, 0.29) is 23.5 Å². The highest BCUT2D eigenvalue weighted by molar-refractivity contribution is 7.92. The molecule has 0 radical (unpaired) electrons. The van der Waals surface area contributed by atoms with Gasteiger partial charge >= 0.3 is 0 Å². The summed E-state index contributed by atoms with van der Waals surface area (Å²) in [5.41, 5.74) is 0.0693. The summed E-state index contributed by atoms with van der Waals surface area (Å²) >= 11 is 0. The van der Waals surface area contributed by atoms with Crippen LogP contribution in [0, 0.1) is 11.6 Å². The average molecular weight is 558 g/mol. The summed E-state index contributed by atoms with van der Waals surface area (Å²) in [6.07, 6.45) is 0.247. The van der Waals surface area contributed by atoms with Gasteiger partial charge in [0.05, 0.1) is 10.6 Å². The Labute approximate surface area is 228 Å². The Hall–Kier alpha value is -3.79. The van der Waals surface area contributed by atoms with Crippen LogP contribution in [-0.4, -0.2) is 43.3 Å². The first-order chi connectivity index (χ1) is 18.3. The van der Waals surface area contributed by atoms with E-state index < -0.39 is 51.6 Å². The van der Waals surface area contributed by atoms with Crippen LogP contribution >= 0.6 is 0 Å². The fraction of sp³-hybridized carbons (Fsp3) is 0.310. The Balaban J connectivity index is 2.05. The molecule has 0 aliphatic rings. The van der Waals surface area contributed by atoms with Crippen molar-refractivity contribution in [2.75, 3.05) is 10.8 Å². The van der Waals surface area contributed by atoms with E-state index in [0.29, 0.717) is 5.56 Å². The van der Waals surface area contributed by atoms with Crippen LogP contribution in [0.25, 0.3) is 0 Å². The quantitative estimate of drug-likeness (QED) is 0.385. The smallest absolute Gasteiger partial charge is 0.264 e. The van der Waals surface area contributed by atoms with E-state index in [1.54, 1.807) is 25.1 Å². The number of sulfonamides is 1. The topological polar surface area (TPSA) is 86.8 Å². The molecule has 0 aliphatic carbocycles. The molecule has 0 bridgehead atoms. The van der Waals surface area contributed by atoms with E-state index in [9.17, 15) is 26.8 Å². The molecule has 0 aromatic heterocycles.